The van der Waals surface area contributed by atoms with Gasteiger partial charge in [-0.3, -0.25) is 0 Å². The second-order valence-electron chi connectivity index (χ2n) is 3.51. The molecule has 0 saturated carbocycles. The molecule has 7 nitrogen and oxygen atoms in total. The van der Waals surface area contributed by atoms with Crippen LogP contribution in [-0.2, 0) is 19.7 Å². The summed E-state index contributed by atoms with van der Waals surface area (Å²) in [4.78, 5) is 10.6. The van der Waals surface area contributed by atoms with E-state index in [2.05, 4.69) is 9.44 Å². The summed E-state index contributed by atoms with van der Waals surface area (Å²) < 4.78 is 32.1. The Morgan fingerprint density at radius 1 is 1.44 bits per heavy atom. The van der Waals surface area contributed by atoms with Crippen LogP contribution in [0.2, 0.25) is 0 Å². The maximum absolute atomic E-state index is 11.2. The van der Waals surface area contributed by atoms with Crippen LogP contribution in [0.5, 0.6) is 0 Å². The first-order chi connectivity index (χ1) is 7.44. The Morgan fingerprint density at radius 3 is 2.62 bits per heavy atom. The lowest BCUT2D eigenvalue weighted by Crippen LogP contribution is -2.40. The first-order valence-corrected chi connectivity index (χ1v) is 6.55. The third kappa shape index (κ3) is 4.05. The summed E-state index contributed by atoms with van der Waals surface area (Å²) in [5, 5.41) is 8.67. The highest BCUT2D eigenvalue weighted by atomic mass is 32.2. The minimum Gasteiger partial charge on any atom is -0.479 e. The number of carbonyl (C=O) groups is 1. The van der Waals surface area contributed by atoms with Gasteiger partial charge in [-0.05, 0) is 12.8 Å². The van der Waals surface area contributed by atoms with Crippen molar-refractivity contribution in [1.82, 2.24) is 9.44 Å². The summed E-state index contributed by atoms with van der Waals surface area (Å²) in [5.74, 6) is -1.00. The standard InChI is InChI=1S/C8H16N2O5S/c1-2-9-16(13,14)10-5-6-3-4-7(15-6)8(11)12/h6-7,9-10H,2-5H2,1H3,(H,11,12). The van der Waals surface area contributed by atoms with Crippen LogP contribution in [-0.4, -0.2) is 44.8 Å². The second-order valence-corrected chi connectivity index (χ2v) is 5.10. The van der Waals surface area contributed by atoms with Crippen molar-refractivity contribution in [2.45, 2.75) is 32.0 Å². The number of hydrogen-bond donors (Lipinski definition) is 3. The highest BCUT2D eigenvalue weighted by Gasteiger charge is 2.30. The van der Waals surface area contributed by atoms with Gasteiger partial charge in [0.05, 0.1) is 6.10 Å². The minimum atomic E-state index is -3.48. The van der Waals surface area contributed by atoms with E-state index in [0.29, 0.717) is 19.4 Å². The first-order valence-electron chi connectivity index (χ1n) is 5.07. The molecular formula is C8H16N2O5S. The van der Waals surface area contributed by atoms with Crippen LogP contribution in [0.1, 0.15) is 19.8 Å². The molecule has 0 aromatic carbocycles. The highest BCUT2D eigenvalue weighted by Crippen LogP contribution is 2.19. The largest absolute Gasteiger partial charge is 0.479 e. The summed E-state index contributed by atoms with van der Waals surface area (Å²) in [6.45, 7) is 2.07. The molecule has 0 aliphatic carbocycles. The lowest BCUT2D eigenvalue weighted by atomic mass is 10.2. The fourth-order valence-electron chi connectivity index (χ4n) is 1.48. The Balaban J connectivity index is 2.33. The van der Waals surface area contributed by atoms with Gasteiger partial charge in [-0.15, -0.1) is 0 Å². The van der Waals surface area contributed by atoms with Gasteiger partial charge >= 0.3 is 5.97 Å². The number of carboxylic acid groups (broad SMARTS) is 1. The fourth-order valence-corrected chi connectivity index (χ4v) is 2.37. The Labute approximate surface area is 94.4 Å². The molecule has 0 bridgehead atoms. The Morgan fingerprint density at radius 2 is 2.12 bits per heavy atom. The van der Waals surface area contributed by atoms with E-state index in [4.69, 9.17) is 9.84 Å². The molecule has 3 N–H and O–H groups in total. The molecule has 1 heterocycles. The van der Waals surface area contributed by atoms with Crippen molar-refractivity contribution in [2.75, 3.05) is 13.1 Å². The van der Waals surface area contributed by atoms with E-state index in [1.165, 1.54) is 0 Å². The van der Waals surface area contributed by atoms with E-state index in [-0.39, 0.29) is 12.6 Å². The Hall–Kier alpha value is -0.700. The quantitative estimate of drug-likeness (QED) is 0.566. The summed E-state index contributed by atoms with van der Waals surface area (Å²) in [6.07, 6.45) is -0.211. The fraction of sp³-hybridized carbons (Fsp3) is 0.875. The molecule has 94 valence electrons. The molecule has 0 amide bonds. The van der Waals surface area contributed by atoms with Crippen LogP contribution in [0.15, 0.2) is 0 Å². The maximum Gasteiger partial charge on any atom is 0.332 e. The van der Waals surface area contributed by atoms with Crippen molar-refractivity contribution in [2.24, 2.45) is 0 Å². The van der Waals surface area contributed by atoms with Gasteiger partial charge in [-0.25, -0.2) is 9.52 Å². The van der Waals surface area contributed by atoms with Gasteiger partial charge in [0.2, 0.25) is 0 Å². The predicted molar refractivity (Wildman–Crippen MR) is 56.1 cm³/mol. The van der Waals surface area contributed by atoms with Gasteiger partial charge in [0, 0.05) is 13.1 Å². The van der Waals surface area contributed by atoms with Crippen molar-refractivity contribution in [3.8, 4) is 0 Å². The van der Waals surface area contributed by atoms with E-state index in [1.54, 1.807) is 6.92 Å². The van der Waals surface area contributed by atoms with Crippen molar-refractivity contribution < 1.29 is 23.1 Å². The van der Waals surface area contributed by atoms with E-state index < -0.39 is 22.3 Å². The van der Waals surface area contributed by atoms with E-state index >= 15 is 0 Å². The zero-order valence-corrected chi connectivity index (χ0v) is 9.79. The van der Waals surface area contributed by atoms with Gasteiger partial charge in [-0.1, -0.05) is 6.92 Å². The summed E-state index contributed by atoms with van der Waals surface area (Å²) >= 11 is 0. The first kappa shape index (κ1) is 13.4. The SMILES string of the molecule is CCNS(=O)(=O)NCC1CCC(C(=O)O)O1. The molecular weight excluding hydrogens is 236 g/mol. The van der Waals surface area contributed by atoms with Crippen LogP contribution in [0.4, 0.5) is 0 Å². The molecule has 16 heavy (non-hydrogen) atoms. The van der Waals surface area contributed by atoms with Crippen LogP contribution >= 0.6 is 0 Å². The number of hydrogen-bond acceptors (Lipinski definition) is 4. The van der Waals surface area contributed by atoms with Gasteiger partial charge in [0.1, 0.15) is 0 Å². The lowest BCUT2D eigenvalue weighted by molar-refractivity contribution is -0.149. The lowest BCUT2D eigenvalue weighted by Gasteiger charge is -2.12. The molecule has 1 fully saturated rings. The summed E-state index contributed by atoms with van der Waals surface area (Å²) in [5.41, 5.74) is 0. The number of rotatable bonds is 6. The van der Waals surface area contributed by atoms with Crippen molar-refractivity contribution in [3.63, 3.8) is 0 Å². The molecule has 0 radical (unpaired) electrons. The maximum atomic E-state index is 11.2. The molecule has 2 unspecified atom stereocenters. The van der Waals surface area contributed by atoms with Crippen molar-refractivity contribution in [3.05, 3.63) is 0 Å². The summed E-state index contributed by atoms with van der Waals surface area (Å²) in [7, 11) is -3.48. The average Bonchev–Trinajstić information content (AvgIpc) is 2.63. The Bertz CT molecular complexity index is 342. The normalized spacial score (nSPS) is 25.8. The second kappa shape index (κ2) is 5.58. The minimum absolute atomic E-state index is 0.0963. The molecule has 1 saturated heterocycles. The van der Waals surface area contributed by atoms with E-state index in [9.17, 15) is 13.2 Å². The molecule has 1 aliphatic rings. The monoisotopic (exact) mass is 252 g/mol. The molecule has 0 spiro atoms. The molecule has 1 rings (SSSR count). The van der Waals surface area contributed by atoms with Crippen LogP contribution in [0.3, 0.4) is 0 Å². The third-order valence-corrected chi connectivity index (χ3v) is 3.43. The van der Waals surface area contributed by atoms with Crippen molar-refractivity contribution in [1.29, 1.82) is 0 Å². The molecule has 0 aromatic heterocycles. The number of aliphatic carboxylic acids is 1. The molecule has 0 aromatic rings. The Kier molecular flexibility index (Phi) is 4.66. The van der Waals surface area contributed by atoms with E-state index in [0.717, 1.165) is 0 Å². The zero-order valence-electron chi connectivity index (χ0n) is 8.97. The molecule has 2 atom stereocenters. The number of carboxylic acids is 1. The highest BCUT2D eigenvalue weighted by molar-refractivity contribution is 7.87. The summed E-state index contributed by atoms with van der Waals surface area (Å²) in [6, 6.07) is 0. The average molecular weight is 252 g/mol. The van der Waals surface area contributed by atoms with Crippen LogP contribution in [0, 0.1) is 0 Å². The molecule has 1 aliphatic heterocycles. The molecule has 8 heteroatoms. The van der Waals surface area contributed by atoms with Gasteiger partial charge in [0.25, 0.3) is 10.2 Å². The van der Waals surface area contributed by atoms with Crippen LogP contribution in [0.25, 0.3) is 0 Å². The number of nitrogens with one attached hydrogen (secondary N) is 2. The van der Waals surface area contributed by atoms with Gasteiger partial charge in [-0.2, -0.15) is 13.1 Å². The zero-order chi connectivity index (χ0) is 12.2. The number of ether oxygens (including phenoxy) is 1. The van der Waals surface area contributed by atoms with Crippen molar-refractivity contribution >= 4 is 16.2 Å². The van der Waals surface area contributed by atoms with Gasteiger partial charge < -0.3 is 9.84 Å². The smallest absolute Gasteiger partial charge is 0.332 e. The topological polar surface area (TPSA) is 105 Å². The van der Waals surface area contributed by atoms with Crippen LogP contribution < -0.4 is 9.44 Å². The van der Waals surface area contributed by atoms with Gasteiger partial charge in [0.15, 0.2) is 6.10 Å². The predicted octanol–water partition coefficient (Wildman–Crippen LogP) is -0.937. The third-order valence-electron chi connectivity index (χ3n) is 2.22. The van der Waals surface area contributed by atoms with E-state index in [1.807, 2.05) is 0 Å².